The van der Waals surface area contributed by atoms with Crippen molar-refractivity contribution in [1.29, 1.82) is 0 Å². The van der Waals surface area contributed by atoms with E-state index >= 15 is 0 Å². The van der Waals surface area contributed by atoms with Crippen molar-refractivity contribution >= 4 is 16.5 Å². The monoisotopic (exact) mass is 307 g/mol. The number of halogens is 1. The third kappa shape index (κ3) is 3.58. The highest BCUT2D eigenvalue weighted by Crippen LogP contribution is 2.20. The predicted octanol–water partition coefficient (Wildman–Crippen LogP) is 2.14. The minimum atomic E-state index is -0.646. The van der Waals surface area contributed by atoms with E-state index in [4.69, 9.17) is 0 Å². The summed E-state index contributed by atoms with van der Waals surface area (Å²) in [4.78, 5) is 8.79. The summed E-state index contributed by atoms with van der Waals surface area (Å²) < 4.78 is 13.2. The van der Waals surface area contributed by atoms with E-state index in [9.17, 15) is 9.50 Å². The van der Waals surface area contributed by atoms with E-state index in [1.54, 1.807) is 23.5 Å². The van der Waals surface area contributed by atoms with Gasteiger partial charge in [0.05, 0.1) is 6.10 Å². The first-order chi connectivity index (χ1) is 10.2. The van der Waals surface area contributed by atoms with Gasteiger partial charge >= 0.3 is 0 Å². The van der Waals surface area contributed by atoms with Gasteiger partial charge in [-0.15, -0.1) is 11.3 Å². The van der Waals surface area contributed by atoms with E-state index in [1.807, 2.05) is 11.6 Å². The van der Waals surface area contributed by atoms with Gasteiger partial charge in [-0.3, -0.25) is 4.90 Å². The van der Waals surface area contributed by atoms with Gasteiger partial charge in [-0.1, -0.05) is 12.1 Å². The molecule has 1 aliphatic rings. The van der Waals surface area contributed by atoms with Gasteiger partial charge in [-0.05, 0) is 17.7 Å². The van der Waals surface area contributed by atoms with Gasteiger partial charge in [0.15, 0.2) is 5.13 Å². The molecule has 1 saturated heterocycles. The summed E-state index contributed by atoms with van der Waals surface area (Å²) >= 11 is 1.65. The molecule has 0 saturated carbocycles. The van der Waals surface area contributed by atoms with Crippen molar-refractivity contribution in [3.8, 4) is 0 Å². The molecule has 1 N–H and O–H groups in total. The fraction of sp³-hybridized carbons (Fsp3) is 0.400. The molecular formula is C15H18FN3OS. The Kier molecular flexibility index (Phi) is 4.48. The van der Waals surface area contributed by atoms with E-state index in [2.05, 4.69) is 14.8 Å². The van der Waals surface area contributed by atoms with E-state index in [0.717, 1.165) is 31.3 Å². The molecule has 2 aromatic rings. The lowest BCUT2D eigenvalue weighted by atomic mass is 10.1. The molecule has 0 radical (unpaired) electrons. The summed E-state index contributed by atoms with van der Waals surface area (Å²) in [6.07, 6.45) is 1.17. The fourth-order valence-electron chi connectivity index (χ4n) is 2.56. The Morgan fingerprint density at radius 1 is 1.29 bits per heavy atom. The Labute approximate surface area is 127 Å². The maximum atomic E-state index is 13.2. The Bertz CT molecular complexity index is 570. The quantitative estimate of drug-likeness (QED) is 0.939. The van der Waals surface area contributed by atoms with Crippen molar-refractivity contribution in [3.05, 3.63) is 47.2 Å². The molecule has 1 fully saturated rings. The molecule has 21 heavy (non-hydrogen) atoms. The highest BCUT2D eigenvalue weighted by molar-refractivity contribution is 7.13. The van der Waals surface area contributed by atoms with Crippen LogP contribution in [0, 0.1) is 5.82 Å². The molecule has 0 spiro atoms. The van der Waals surface area contributed by atoms with Crippen molar-refractivity contribution < 1.29 is 9.50 Å². The largest absolute Gasteiger partial charge is 0.387 e. The van der Waals surface area contributed by atoms with Gasteiger partial charge in [0.1, 0.15) is 5.82 Å². The molecule has 112 valence electrons. The zero-order valence-corrected chi connectivity index (χ0v) is 12.5. The van der Waals surface area contributed by atoms with Gasteiger partial charge in [-0.25, -0.2) is 9.37 Å². The van der Waals surface area contributed by atoms with Gasteiger partial charge in [0.25, 0.3) is 0 Å². The van der Waals surface area contributed by atoms with E-state index in [0.29, 0.717) is 12.1 Å². The first kappa shape index (κ1) is 14.4. The zero-order chi connectivity index (χ0) is 14.7. The number of anilines is 1. The lowest BCUT2D eigenvalue weighted by molar-refractivity contribution is 0.109. The van der Waals surface area contributed by atoms with Crippen LogP contribution < -0.4 is 4.90 Å². The molecule has 4 nitrogen and oxygen atoms in total. The van der Waals surface area contributed by atoms with Crippen LogP contribution in [0.15, 0.2) is 35.8 Å². The third-order valence-electron chi connectivity index (χ3n) is 3.73. The maximum absolute atomic E-state index is 13.2. The molecular weight excluding hydrogens is 289 g/mol. The van der Waals surface area contributed by atoms with Crippen LogP contribution in [0.5, 0.6) is 0 Å². The summed E-state index contributed by atoms with van der Waals surface area (Å²) in [5, 5.41) is 13.3. The SMILES string of the molecule is O[C@@H](CN1CCN(c2nccs2)CC1)c1cccc(F)c1. The number of piperazine rings is 1. The lowest BCUT2D eigenvalue weighted by Gasteiger charge is -2.35. The molecule has 0 unspecified atom stereocenters. The van der Waals surface area contributed by atoms with Crippen LogP contribution in [-0.4, -0.2) is 47.7 Å². The lowest BCUT2D eigenvalue weighted by Crippen LogP contribution is -2.47. The van der Waals surface area contributed by atoms with Crippen LogP contribution >= 0.6 is 11.3 Å². The maximum Gasteiger partial charge on any atom is 0.185 e. The second-order valence-electron chi connectivity index (χ2n) is 5.17. The van der Waals surface area contributed by atoms with Crippen LogP contribution in [0.2, 0.25) is 0 Å². The van der Waals surface area contributed by atoms with Crippen LogP contribution in [0.1, 0.15) is 11.7 Å². The van der Waals surface area contributed by atoms with Gasteiger partial charge in [0.2, 0.25) is 0 Å². The van der Waals surface area contributed by atoms with Crippen molar-refractivity contribution in [1.82, 2.24) is 9.88 Å². The Balaban J connectivity index is 1.53. The number of aliphatic hydroxyl groups excluding tert-OH is 1. The van der Waals surface area contributed by atoms with E-state index in [-0.39, 0.29) is 5.82 Å². The Morgan fingerprint density at radius 2 is 2.10 bits per heavy atom. The van der Waals surface area contributed by atoms with E-state index < -0.39 is 6.10 Å². The van der Waals surface area contributed by atoms with Crippen molar-refractivity contribution in [3.63, 3.8) is 0 Å². The summed E-state index contributed by atoms with van der Waals surface area (Å²) in [6, 6.07) is 6.19. The van der Waals surface area contributed by atoms with Crippen molar-refractivity contribution in [2.75, 3.05) is 37.6 Å². The molecule has 1 atom stereocenters. The first-order valence-corrected chi connectivity index (χ1v) is 7.90. The summed E-state index contributed by atoms with van der Waals surface area (Å²) in [5.41, 5.74) is 0.636. The number of β-amino-alcohol motifs (C(OH)–C–C–N with tert-alkyl or cyclic N) is 1. The minimum Gasteiger partial charge on any atom is -0.387 e. The molecule has 6 heteroatoms. The van der Waals surface area contributed by atoms with E-state index in [1.165, 1.54) is 12.1 Å². The summed E-state index contributed by atoms with van der Waals surface area (Å²) in [5.74, 6) is -0.305. The molecule has 0 amide bonds. The molecule has 1 aromatic heterocycles. The Morgan fingerprint density at radius 3 is 2.76 bits per heavy atom. The van der Waals surface area contributed by atoms with Crippen molar-refractivity contribution in [2.45, 2.75) is 6.10 Å². The first-order valence-electron chi connectivity index (χ1n) is 7.03. The van der Waals surface area contributed by atoms with Crippen LogP contribution in [0.25, 0.3) is 0 Å². The van der Waals surface area contributed by atoms with Crippen molar-refractivity contribution in [2.24, 2.45) is 0 Å². The normalized spacial score (nSPS) is 17.9. The van der Waals surface area contributed by atoms with Crippen LogP contribution in [-0.2, 0) is 0 Å². The minimum absolute atomic E-state index is 0.305. The van der Waals surface area contributed by atoms with Gasteiger partial charge in [0, 0.05) is 44.3 Å². The standard InChI is InChI=1S/C15H18FN3OS/c16-13-3-1-2-12(10-13)14(20)11-18-5-7-19(8-6-18)15-17-4-9-21-15/h1-4,9-10,14,20H,5-8,11H2/t14-/m0/s1. The topological polar surface area (TPSA) is 39.6 Å². The van der Waals surface area contributed by atoms with Gasteiger partial charge in [-0.2, -0.15) is 0 Å². The molecule has 1 aliphatic heterocycles. The summed E-state index contributed by atoms with van der Waals surface area (Å²) in [7, 11) is 0. The molecule has 0 aliphatic carbocycles. The number of thiazole rings is 1. The fourth-order valence-corrected chi connectivity index (χ4v) is 3.25. The highest BCUT2D eigenvalue weighted by atomic mass is 32.1. The van der Waals surface area contributed by atoms with Crippen LogP contribution in [0.4, 0.5) is 9.52 Å². The smallest absolute Gasteiger partial charge is 0.185 e. The Hall–Kier alpha value is -1.50. The number of hydrogen-bond donors (Lipinski definition) is 1. The van der Waals surface area contributed by atoms with Gasteiger partial charge < -0.3 is 10.0 Å². The second kappa shape index (κ2) is 6.51. The summed E-state index contributed by atoms with van der Waals surface area (Å²) in [6.45, 7) is 4.11. The number of nitrogens with zero attached hydrogens (tertiary/aromatic N) is 3. The highest BCUT2D eigenvalue weighted by Gasteiger charge is 2.21. The number of aromatic nitrogens is 1. The van der Waals surface area contributed by atoms with Crippen LogP contribution in [0.3, 0.4) is 0 Å². The zero-order valence-electron chi connectivity index (χ0n) is 11.7. The third-order valence-corrected chi connectivity index (χ3v) is 4.56. The average molecular weight is 307 g/mol. The number of benzene rings is 1. The average Bonchev–Trinajstić information content (AvgIpc) is 3.02. The molecule has 1 aromatic carbocycles. The number of rotatable bonds is 4. The molecule has 3 rings (SSSR count). The predicted molar refractivity (Wildman–Crippen MR) is 82.1 cm³/mol. The molecule has 2 heterocycles. The second-order valence-corrected chi connectivity index (χ2v) is 6.05. The number of hydrogen-bond acceptors (Lipinski definition) is 5. The number of aliphatic hydroxyl groups is 1. The molecule has 0 bridgehead atoms.